The zero-order valence-electron chi connectivity index (χ0n) is 20.1. The molecule has 1 aromatic carbocycles. The van der Waals surface area contributed by atoms with Crippen LogP contribution in [0.3, 0.4) is 0 Å². The van der Waals surface area contributed by atoms with Crippen LogP contribution in [0.5, 0.6) is 0 Å². The number of rotatable bonds is 13. The van der Waals surface area contributed by atoms with E-state index in [0.29, 0.717) is 6.54 Å². The number of benzene rings is 1. The molecule has 1 heterocycles. The number of halogens is 2. The summed E-state index contributed by atoms with van der Waals surface area (Å²) in [5.41, 5.74) is 1.10. The van der Waals surface area contributed by atoms with E-state index in [1.165, 1.54) is 44.4 Å². The van der Waals surface area contributed by atoms with Gasteiger partial charge in [0.05, 0.1) is 25.8 Å². The lowest BCUT2D eigenvalue weighted by Gasteiger charge is -2.34. The maximum Gasteiger partial charge on any atom is 0.191 e. The number of unbranched alkanes of at least 4 members (excludes halogenated alkanes) is 4. The summed E-state index contributed by atoms with van der Waals surface area (Å²) in [5.74, 6) is 0.653. The Morgan fingerprint density at radius 2 is 1.72 bits per heavy atom. The molecule has 1 aliphatic heterocycles. The molecule has 0 bridgehead atoms. The van der Waals surface area contributed by atoms with Gasteiger partial charge in [0.15, 0.2) is 5.96 Å². The van der Waals surface area contributed by atoms with E-state index in [9.17, 15) is 4.39 Å². The summed E-state index contributed by atoms with van der Waals surface area (Å²) >= 11 is 0. The average Bonchev–Trinajstić information content (AvgIpc) is 2.77. The molecule has 0 amide bonds. The van der Waals surface area contributed by atoms with Gasteiger partial charge in [-0.1, -0.05) is 31.4 Å². The highest BCUT2D eigenvalue weighted by Gasteiger charge is 2.22. The fourth-order valence-electron chi connectivity index (χ4n) is 3.82. The van der Waals surface area contributed by atoms with Crippen LogP contribution in [-0.2, 0) is 4.74 Å². The van der Waals surface area contributed by atoms with Crippen LogP contribution in [0.4, 0.5) is 4.39 Å². The first kappa shape index (κ1) is 29.1. The first-order chi connectivity index (χ1) is 15.1. The number of hydrogen-bond acceptors (Lipinski definition) is 4. The third-order valence-electron chi connectivity index (χ3n) is 5.58. The summed E-state index contributed by atoms with van der Waals surface area (Å²) in [6.45, 7) is 8.85. The molecule has 0 saturated carbocycles. The molecule has 1 unspecified atom stereocenters. The highest BCUT2D eigenvalue weighted by Crippen LogP contribution is 2.22. The molecule has 0 aliphatic carbocycles. The molecule has 32 heavy (non-hydrogen) atoms. The quantitative estimate of drug-likeness (QED) is 0.165. The van der Waals surface area contributed by atoms with Gasteiger partial charge in [-0.15, -0.1) is 24.0 Å². The number of aliphatic imine (C=N–C) groups is 1. The van der Waals surface area contributed by atoms with Crippen molar-refractivity contribution in [2.45, 2.75) is 45.1 Å². The van der Waals surface area contributed by atoms with Gasteiger partial charge in [0.1, 0.15) is 5.82 Å². The van der Waals surface area contributed by atoms with Crippen molar-refractivity contribution in [1.29, 1.82) is 0 Å². The molecular weight excluding hydrogens is 520 g/mol. The number of guanidine groups is 1. The Labute approximate surface area is 211 Å². The largest absolute Gasteiger partial charge is 0.379 e. The summed E-state index contributed by atoms with van der Waals surface area (Å²) < 4.78 is 18.9. The highest BCUT2D eigenvalue weighted by atomic mass is 127. The summed E-state index contributed by atoms with van der Waals surface area (Å²) in [7, 11) is 4.26. The molecule has 1 saturated heterocycles. The summed E-state index contributed by atoms with van der Waals surface area (Å²) in [4.78, 5) is 9.50. The van der Waals surface area contributed by atoms with Crippen molar-refractivity contribution >= 4 is 29.9 Å². The minimum atomic E-state index is -0.204. The molecule has 1 fully saturated rings. The van der Waals surface area contributed by atoms with Crippen molar-refractivity contribution in [2.24, 2.45) is 4.99 Å². The minimum absolute atomic E-state index is 0. The lowest BCUT2D eigenvalue weighted by atomic mass is 10.0. The van der Waals surface area contributed by atoms with Crippen LogP contribution in [0.25, 0.3) is 0 Å². The van der Waals surface area contributed by atoms with Crippen LogP contribution >= 0.6 is 24.0 Å². The second kappa shape index (κ2) is 17.5. The van der Waals surface area contributed by atoms with Crippen LogP contribution in [0, 0.1) is 5.82 Å². The van der Waals surface area contributed by atoms with E-state index in [1.54, 1.807) is 0 Å². The maximum absolute atomic E-state index is 13.4. The van der Waals surface area contributed by atoms with Gasteiger partial charge in [-0.05, 0) is 58.1 Å². The normalized spacial score (nSPS) is 16.0. The van der Waals surface area contributed by atoms with Gasteiger partial charge in [-0.2, -0.15) is 0 Å². The zero-order chi connectivity index (χ0) is 22.3. The minimum Gasteiger partial charge on any atom is -0.379 e. The monoisotopic (exact) mass is 563 g/mol. The van der Waals surface area contributed by atoms with E-state index in [1.807, 2.05) is 12.1 Å². The van der Waals surface area contributed by atoms with Crippen LogP contribution < -0.4 is 10.6 Å². The molecule has 2 N–H and O–H groups in total. The third-order valence-corrected chi connectivity index (χ3v) is 5.58. The second-order valence-corrected chi connectivity index (χ2v) is 8.43. The van der Waals surface area contributed by atoms with E-state index in [0.717, 1.165) is 57.3 Å². The second-order valence-electron chi connectivity index (χ2n) is 8.43. The SMILES string of the molecule is CCNC(=NCC(c1ccc(F)cc1)N1CCOCC1)NCCCCCCCN(C)C.I. The fourth-order valence-corrected chi connectivity index (χ4v) is 3.82. The summed E-state index contributed by atoms with van der Waals surface area (Å²) in [6, 6.07) is 6.95. The lowest BCUT2D eigenvalue weighted by Crippen LogP contribution is -2.42. The van der Waals surface area contributed by atoms with Gasteiger partial charge in [0.25, 0.3) is 0 Å². The molecular formula is C24H43FIN5O. The molecule has 2 rings (SSSR count). The first-order valence-electron chi connectivity index (χ1n) is 11.8. The van der Waals surface area contributed by atoms with E-state index in [4.69, 9.17) is 9.73 Å². The van der Waals surface area contributed by atoms with E-state index in [2.05, 4.69) is 41.5 Å². The van der Waals surface area contributed by atoms with E-state index < -0.39 is 0 Å². The van der Waals surface area contributed by atoms with Crippen LogP contribution in [-0.4, -0.2) is 82.3 Å². The van der Waals surface area contributed by atoms with Crippen molar-refractivity contribution in [3.63, 3.8) is 0 Å². The van der Waals surface area contributed by atoms with Crippen molar-refractivity contribution in [3.8, 4) is 0 Å². The molecule has 1 aliphatic rings. The maximum atomic E-state index is 13.4. The fraction of sp³-hybridized carbons (Fsp3) is 0.708. The molecule has 1 aromatic rings. The third kappa shape index (κ3) is 11.8. The number of ether oxygens (including phenoxy) is 1. The molecule has 6 nitrogen and oxygen atoms in total. The molecule has 8 heteroatoms. The lowest BCUT2D eigenvalue weighted by molar-refractivity contribution is 0.0179. The van der Waals surface area contributed by atoms with Crippen LogP contribution in [0.1, 0.15) is 50.6 Å². The molecule has 1 atom stereocenters. The Bertz CT molecular complexity index is 623. The average molecular weight is 564 g/mol. The van der Waals surface area contributed by atoms with Crippen molar-refractivity contribution in [3.05, 3.63) is 35.6 Å². The van der Waals surface area contributed by atoms with E-state index >= 15 is 0 Å². The van der Waals surface area contributed by atoms with Gasteiger partial charge in [-0.25, -0.2) is 4.39 Å². The van der Waals surface area contributed by atoms with Gasteiger partial charge in [0.2, 0.25) is 0 Å². The Hall–Kier alpha value is -0.970. The summed E-state index contributed by atoms with van der Waals surface area (Å²) in [5, 5.41) is 6.83. The topological polar surface area (TPSA) is 52.1 Å². The predicted molar refractivity (Wildman–Crippen MR) is 143 cm³/mol. The summed E-state index contributed by atoms with van der Waals surface area (Å²) in [6.07, 6.45) is 6.25. The van der Waals surface area contributed by atoms with Gasteiger partial charge in [-0.3, -0.25) is 9.89 Å². The standard InChI is InChI=1S/C24H42FN5O.HI/c1-4-26-24(27-14-8-6-5-7-9-15-29(2)3)28-20-23(30-16-18-31-19-17-30)21-10-12-22(25)13-11-21;/h10-13,23H,4-9,14-20H2,1-3H3,(H2,26,27,28);1H. The van der Waals surface area contributed by atoms with Gasteiger partial charge >= 0.3 is 0 Å². The Balaban J connectivity index is 0.00000512. The Morgan fingerprint density at radius 3 is 2.38 bits per heavy atom. The van der Waals surface area contributed by atoms with Crippen LogP contribution in [0.15, 0.2) is 29.3 Å². The van der Waals surface area contributed by atoms with Gasteiger partial charge < -0.3 is 20.3 Å². The van der Waals surface area contributed by atoms with Crippen LogP contribution in [0.2, 0.25) is 0 Å². The van der Waals surface area contributed by atoms with Crippen molar-refractivity contribution in [1.82, 2.24) is 20.4 Å². The zero-order valence-corrected chi connectivity index (χ0v) is 22.4. The molecule has 0 spiro atoms. The number of hydrogen-bond donors (Lipinski definition) is 2. The molecule has 0 radical (unpaired) electrons. The number of morpholine rings is 1. The highest BCUT2D eigenvalue weighted by molar-refractivity contribution is 14.0. The van der Waals surface area contributed by atoms with Gasteiger partial charge in [0, 0.05) is 26.2 Å². The Morgan fingerprint density at radius 1 is 1.06 bits per heavy atom. The molecule has 0 aromatic heterocycles. The Kier molecular flexibility index (Phi) is 15.9. The number of nitrogens with one attached hydrogen (secondary N) is 2. The predicted octanol–water partition coefficient (Wildman–Crippen LogP) is 3.88. The van der Waals surface area contributed by atoms with Crippen molar-refractivity contribution < 1.29 is 9.13 Å². The van der Waals surface area contributed by atoms with E-state index in [-0.39, 0.29) is 35.8 Å². The number of nitrogens with zero attached hydrogens (tertiary/aromatic N) is 3. The first-order valence-corrected chi connectivity index (χ1v) is 11.8. The van der Waals surface area contributed by atoms with Crippen molar-refractivity contribution in [2.75, 3.05) is 66.6 Å². The smallest absolute Gasteiger partial charge is 0.191 e. The molecule has 184 valence electrons.